The lowest BCUT2D eigenvalue weighted by molar-refractivity contribution is 0.940. The number of fused-ring (bicyclic) bond motifs is 1. The van der Waals surface area contributed by atoms with Crippen LogP contribution in [0.3, 0.4) is 0 Å². The summed E-state index contributed by atoms with van der Waals surface area (Å²) in [6.45, 7) is 2.82. The lowest BCUT2D eigenvalue weighted by Gasteiger charge is -2.27. The summed E-state index contributed by atoms with van der Waals surface area (Å²) in [7, 11) is 0. The van der Waals surface area contributed by atoms with Crippen molar-refractivity contribution in [1.29, 1.82) is 0 Å². The lowest BCUT2D eigenvalue weighted by Crippen LogP contribution is -2.22. The summed E-state index contributed by atoms with van der Waals surface area (Å²) < 4.78 is 0. The fraction of sp³-hybridized carbons (Fsp3) is 0.125. The van der Waals surface area contributed by atoms with E-state index in [4.69, 9.17) is 5.73 Å². The molecule has 110 valence electrons. The van der Waals surface area contributed by atoms with Gasteiger partial charge in [-0.2, -0.15) is 5.10 Å². The van der Waals surface area contributed by atoms with Gasteiger partial charge in [0, 0.05) is 29.0 Å². The van der Waals surface area contributed by atoms with Crippen molar-refractivity contribution < 1.29 is 0 Å². The van der Waals surface area contributed by atoms with Crippen LogP contribution >= 0.6 is 11.3 Å². The number of aromatic amines is 1. The van der Waals surface area contributed by atoms with Crippen LogP contribution in [0.2, 0.25) is 0 Å². The summed E-state index contributed by atoms with van der Waals surface area (Å²) in [6, 6.07) is 8.33. The van der Waals surface area contributed by atoms with Crippen LogP contribution in [0.15, 0.2) is 42.0 Å². The van der Waals surface area contributed by atoms with Crippen LogP contribution in [0.1, 0.15) is 21.8 Å². The predicted octanol–water partition coefficient (Wildman–Crippen LogP) is 3.17. The topological polar surface area (TPSA) is 70.8 Å². The number of hydrogen-bond donors (Lipinski definition) is 2. The Labute approximate surface area is 132 Å². The van der Waals surface area contributed by atoms with E-state index >= 15 is 0 Å². The Morgan fingerprint density at radius 3 is 2.95 bits per heavy atom. The zero-order chi connectivity index (χ0) is 15.1. The highest BCUT2D eigenvalue weighted by Gasteiger charge is 2.25. The number of nitrogens with zero attached hydrogens (tertiary/aromatic N) is 3. The second-order valence-electron chi connectivity index (χ2n) is 5.26. The van der Waals surface area contributed by atoms with E-state index in [-0.39, 0.29) is 0 Å². The van der Waals surface area contributed by atoms with Crippen molar-refractivity contribution in [1.82, 2.24) is 15.2 Å². The SMILES string of the molecule is Cc1ccccc1N1C=C(c2nccs2)c2[nH]nc(N)c2C1. The maximum atomic E-state index is 6.04. The minimum atomic E-state index is 0.552. The van der Waals surface area contributed by atoms with E-state index in [0.717, 1.165) is 21.8 Å². The van der Waals surface area contributed by atoms with Crippen LogP contribution < -0.4 is 10.6 Å². The van der Waals surface area contributed by atoms with E-state index < -0.39 is 0 Å². The van der Waals surface area contributed by atoms with E-state index in [1.165, 1.54) is 11.3 Å². The minimum Gasteiger partial charge on any atom is -0.382 e. The van der Waals surface area contributed by atoms with Crippen LogP contribution in [-0.2, 0) is 6.54 Å². The second kappa shape index (κ2) is 4.99. The first-order valence-electron chi connectivity index (χ1n) is 7.01. The first-order valence-corrected chi connectivity index (χ1v) is 7.89. The first kappa shape index (κ1) is 13.1. The molecule has 22 heavy (non-hydrogen) atoms. The molecule has 0 saturated heterocycles. The molecule has 1 aromatic carbocycles. The van der Waals surface area contributed by atoms with Gasteiger partial charge in [-0.1, -0.05) is 18.2 Å². The van der Waals surface area contributed by atoms with E-state index in [1.807, 2.05) is 23.7 Å². The zero-order valence-electron chi connectivity index (χ0n) is 12.1. The lowest BCUT2D eigenvalue weighted by atomic mass is 10.0. The number of aryl methyl sites for hydroxylation is 1. The smallest absolute Gasteiger partial charge is 0.150 e. The molecular formula is C16H15N5S. The molecule has 3 N–H and O–H groups in total. The molecule has 1 aliphatic heterocycles. The molecule has 0 unspecified atom stereocenters. The molecule has 4 rings (SSSR count). The van der Waals surface area contributed by atoms with Crippen LogP contribution in [0.25, 0.3) is 5.57 Å². The van der Waals surface area contributed by atoms with Gasteiger partial charge in [0.1, 0.15) is 5.01 Å². The summed E-state index contributed by atoms with van der Waals surface area (Å²) in [4.78, 5) is 6.64. The maximum Gasteiger partial charge on any atom is 0.150 e. The van der Waals surface area contributed by atoms with E-state index in [9.17, 15) is 0 Å². The highest BCUT2D eigenvalue weighted by atomic mass is 32.1. The number of nitrogens with one attached hydrogen (secondary N) is 1. The molecule has 0 radical (unpaired) electrons. The van der Waals surface area contributed by atoms with Crippen molar-refractivity contribution in [2.45, 2.75) is 13.5 Å². The highest BCUT2D eigenvalue weighted by molar-refractivity contribution is 7.10. The van der Waals surface area contributed by atoms with Gasteiger partial charge in [0.05, 0.1) is 17.8 Å². The number of benzene rings is 1. The van der Waals surface area contributed by atoms with Gasteiger partial charge >= 0.3 is 0 Å². The molecule has 0 spiro atoms. The molecule has 3 aromatic rings. The van der Waals surface area contributed by atoms with Gasteiger partial charge in [-0.15, -0.1) is 11.3 Å². The molecule has 0 amide bonds. The molecule has 5 nitrogen and oxygen atoms in total. The Hall–Kier alpha value is -2.60. The third-order valence-electron chi connectivity index (χ3n) is 3.87. The van der Waals surface area contributed by atoms with Crippen molar-refractivity contribution in [2.24, 2.45) is 0 Å². The minimum absolute atomic E-state index is 0.552. The van der Waals surface area contributed by atoms with E-state index in [2.05, 4.69) is 45.3 Å². The molecule has 1 aliphatic rings. The summed E-state index contributed by atoms with van der Waals surface area (Å²) >= 11 is 1.61. The summed E-state index contributed by atoms with van der Waals surface area (Å²) in [5, 5.41) is 10.2. The molecule has 0 fully saturated rings. The third kappa shape index (κ3) is 2.00. The van der Waals surface area contributed by atoms with Crippen LogP contribution in [0, 0.1) is 6.92 Å². The van der Waals surface area contributed by atoms with Gasteiger partial charge in [-0.3, -0.25) is 5.10 Å². The number of rotatable bonds is 2. The Bertz CT molecular complexity index is 847. The summed E-state index contributed by atoms with van der Waals surface area (Å²) in [6.07, 6.45) is 3.94. The van der Waals surface area contributed by atoms with Crippen molar-refractivity contribution in [3.8, 4) is 0 Å². The molecule has 0 atom stereocenters. The Morgan fingerprint density at radius 1 is 1.32 bits per heavy atom. The van der Waals surface area contributed by atoms with Gasteiger partial charge in [0.15, 0.2) is 5.82 Å². The van der Waals surface area contributed by atoms with Gasteiger partial charge in [0.2, 0.25) is 0 Å². The number of nitrogen functional groups attached to an aromatic ring is 1. The molecule has 3 heterocycles. The number of thiazole rings is 1. The van der Waals surface area contributed by atoms with Gasteiger partial charge in [-0.05, 0) is 18.6 Å². The van der Waals surface area contributed by atoms with Crippen molar-refractivity contribution in [2.75, 3.05) is 10.6 Å². The predicted molar refractivity (Wildman–Crippen MR) is 89.6 cm³/mol. The zero-order valence-corrected chi connectivity index (χ0v) is 12.9. The fourth-order valence-electron chi connectivity index (χ4n) is 2.76. The molecule has 0 bridgehead atoms. The Balaban J connectivity index is 1.88. The van der Waals surface area contributed by atoms with Crippen molar-refractivity contribution in [3.05, 3.63) is 63.9 Å². The largest absolute Gasteiger partial charge is 0.382 e. The maximum absolute atomic E-state index is 6.04. The average Bonchev–Trinajstić information content (AvgIpc) is 3.18. The second-order valence-corrected chi connectivity index (χ2v) is 6.15. The molecule has 0 saturated carbocycles. The molecule has 6 heteroatoms. The third-order valence-corrected chi connectivity index (χ3v) is 4.68. The first-order chi connectivity index (χ1) is 10.7. The Kier molecular flexibility index (Phi) is 2.97. The number of anilines is 2. The van der Waals surface area contributed by atoms with Gasteiger partial charge < -0.3 is 10.6 Å². The van der Waals surface area contributed by atoms with E-state index in [1.54, 1.807) is 11.3 Å². The molecule has 2 aromatic heterocycles. The normalized spacial score (nSPS) is 13.9. The molecular weight excluding hydrogens is 294 g/mol. The number of aromatic nitrogens is 3. The quantitative estimate of drug-likeness (QED) is 0.763. The van der Waals surface area contributed by atoms with Crippen LogP contribution in [0.5, 0.6) is 0 Å². The average molecular weight is 309 g/mol. The van der Waals surface area contributed by atoms with Crippen molar-refractivity contribution in [3.63, 3.8) is 0 Å². The van der Waals surface area contributed by atoms with E-state index in [0.29, 0.717) is 12.4 Å². The summed E-state index contributed by atoms with van der Waals surface area (Å²) in [5.41, 5.74) is 11.5. The number of H-pyrrole nitrogens is 1. The number of nitrogens with two attached hydrogens (primary N) is 1. The highest BCUT2D eigenvalue weighted by Crippen LogP contribution is 2.36. The monoisotopic (exact) mass is 309 g/mol. The van der Waals surface area contributed by atoms with Gasteiger partial charge in [-0.25, -0.2) is 4.98 Å². The van der Waals surface area contributed by atoms with Crippen LogP contribution in [0.4, 0.5) is 11.5 Å². The molecule has 0 aliphatic carbocycles. The Morgan fingerprint density at radius 2 is 2.18 bits per heavy atom. The van der Waals surface area contributed by atoms with Crippen molar-refractivity contribution >= 4 is 28.4 Å². The fourth-order valence-corrected chi connectivity index (χ4v) is 3.41. The number of hydrogen-bond acceptors (Lipinski definition) is 5. The summed E-state index contributed by atoms with van der Waals surface area (Å²) in [5.74, 6) is 0.552. The standard InChI is InChI=1S/C16H15N5S/c1-10-4-2-3-5-13(10)21-8-11-14(19-20-15(11)17)12(9-21)16-18-6-7-22-16/h2-7,9H,8H2,1H3,(H3,17,19,20). The van der Waals surface area contributed by atoms with Gasteiger partial charge in [0.25, 0.3) is 0 Å². The number of para-hydroxylation sites is 1. The van der Waals surface area contributed by atoms with Crippen LogP contribution in [-0.4, -0.2) is 15.2 Å².